The second kappa shape index (κ2) is 6.94. The first-order valence-electron chi connectivity index (χ1n) is 11.5. The number of benzene rings is 1. The second-order valence-corrected chi connectivity index (χ2v) is 10.2. The van der Waals surface area contributed by atoms with Gasteiger partial charge in [-0.1, -0.05) is 19.4 Å². The number of fused-ring (bicyclic) bond motifs is 6. The third-order valence-electron chi connectivity index (χ3n) is 8.85. The molecule has 1 spiro atoms. The van der Waals surface area contributed by atoms with E-state index in [4.69, 9.17) is 20.9 Å². The minimum Gasteiger partial charge on any atom is -0.508 e. The molecular weight excluding hydrogens is 364 g/mol. The summed E-state index contributed by atoms with van der Waals surface area (Å²) in [5.41, 5.74) is 15.6. The lowest BCUT2D eigenvalue weighted by Gasteiger charge is -2.59. The summed E-state index contributed by atoms with van der Waals surface area (Å²) >= 11 is 0. The summed E-state index contributed by atoms with van der Waals surface area (Å²) in [5, 5.41) is 9.97. The van der Waals surface area contributed by atoms with Gasteiger partial charge in [0.15, 0.2) is 5.79 Å². The molecule has 1 aromatic rings. The number of nitrogens with two attached hydrogens (primary N) is 2. The molecule has 1 heterocycles. The van der Waals surface area contributed by atoms with Crippen LogP contribution >= 0.6 is 0 Å². The molecule has 2 saturated carbocycles. The van der Waals surface area contributed by atoms with Gasteiger partial charge in [-0.25, -0.2) is 0 Å². The van der Waals surface area contributed by atoms with Gasteiger partial charge in [-0.3, -0.25) is 0 Å². The van der Waals surface area contributed by atoms with Crippen molar-refractivity contribution in [3.8, 4) is 5.75 Å². The predicted octanol–water partition coefficient (Wildman–Crippen LogP) is 3.43. The summed E-state index contributed by atoms with van der Waals surface area (Å²) in [7, 11) is 0. The number of ether oxygens (including phenoxy) is 2. The molecule has 0 radical (unpaired) electrons. The minimum atomic E-state index is -0.461. The van der Waals surface area contributed by atoms with Crippen molar-refractivity contribution in [2.75, 3.05) is 19.8 Å². The third-order valence-corrected chi connectivity index (χ3v) is 8.85. The Morgan fingerprint density at radius 1 is 1.17 bits per heavy atom. The zero-order chi connectivity index (χ0) is 20.3. The molecule has 0 bridgehead atoms. The van der Waals surface area contributed by atoms with E-state index in [1.807, 2.05) is 12.1 Å². The van der Waals surface area contributed by atoms with Crippen LogP contribution in [0.15, 0.2) is 18.2 Å². The Kier molecular flexibility index (Phi) is 4.74. The Hall–Kier alpha value is -1.14. The Bertz CT molecular complexity index is 777. The smallest absolute Gasteiger partial charge is 0.174 e. The Morgan fingerprint density at radius 2 is 1.97 bits per heavy atom. The number of phenolic OH excluding ortho intramolecular Hbond substituents is 1. The van der Waals surface area contributed by atoms with Crippen molar-refractivity contribution in [2.24, 2.45) is 28.7 Å². The van der Waals surface area contributed by atoms with Crippen molar-refractivity contribution in [3.63, 3.8) is 0 Å². The van der Waals surface area contributed by atoms with Gasteiger partial charge in [-0.2, -0.15) is 0 Å². The van der Waals surface area contributed by atoms with Crippen molar-refractivity contribution in [1.82, 2.24) is 0 Å². The van der Waals surface area contributed by atoms with E-state index in [0.717, 1.165) is 57.9 Å². The zero-order valence-electron chi connectivity index (χ0n) is 17.7. The maximum Gasteiger partial charge on any atom is 0.174 e. The number of unbranched alkanes of at least 4 members (excludes halogenated alkanes) is 1. The fourth-order valence-corrected chi connectivity index (χ4v) is 7.76. The topological polar surface area (TPSA) is 90.7 Å². The van der Waals surface area contributed by atoms with Crippen LogP contribution in [0.1, 0.15) is 68.9 Å². The molecule has 4 aliphatic rings. The van der Waals surface area contributed by atoms with Crippen LogP contribution in [0.3, 0.4) is 0 Å². The van der Waals surface area contributed by atoms with Gasteiger partial charge in [0.2, 0.25) is 0 Å². The molecule has 1 aromatic carbocycles. The van der Waals surface area contributed by atoms with Crippen molar-refractivity contribution in [2.45, 2.75) is 75.5 Å². The number of hydrogen-bond donors (Lipinski definition) is 3. The summed E-state index contributed by atoms with van der Waals surface area (Å²) in [6.07, 6.45) is 8.38. The lowest BCUT2D eigenvalue weighted by molar-refractivity contribution is -0.238. The van der Waals surface area contributed by atoms with Crippen LogP contribution in [0.5, 0.6) is 5.75 Å². The lowest BCUT2D eigenvalue weighted by Crippen LogP contribution is -2.64. The Balaban J connectivity index is 1.55. The molecule has 5 unspecified atom stereocenters. The first-order valence-corrected chi connectivity index (χ1v) is 11.5. The molecule has 3 aliphatic carbocycles. The van der Waals surface area contributed by atoms with Crippen molar-refractivity contribution in [3.05, 3.63) is 29.3 Å². The van der Waals surface area contributed by atoms with E-state index >= 15 is 0 Å². The fraction of sp³-hybridized carbons (Fsp3) is 0.750. The van der Waals surface area contributed by atoms with Gasteiger partial charge in [0.25, 0.3) is 0 Å². The Morgan fingerprint density at radius 3 is 2.72 bits per heavy atom. The zero-order valence-corrected chi connectivity index (χ0v) is 17.7. The van der Waals surface area contributed by atoms with Gasteiger partial charge < -0.3 is 26.0 Å². The van der Waals surface area contributed by atoms with Crippen molar-refractivity contribution >= 4 is 0 Å². The first-order chi connectivity index (χ1) is 13.9. The molecule has 5 atom stereocenters. The van der Waals surface area contributed by atoms with E-state index in [0.29, 0.717) is 36.7 Å². The molecule has 0 amide bonds. The second-order valence-electron chi connectivity index (χ2n) is 10.2. The highest BCUT2D eigenvalue weighted by atomic mass is 16.7. The van der Waals surface area contributed by atoms with Gasteiger partial charge in [-0.15, -0.1) is 0 Å². The van der Waals surface area contributed by atoms with Crippen LogP contribution in [0.25, 0.3) is 0 Å². The highest BCUT2D eigenvalue weighted by Crippen LogP contribution is 2.69. The Labute approximate surface area is 174 Å². The van der Waals surface area contributed by atoms with Crippen LogP contribution in [-0.2, 0) is 15.9 Å². The van der Waals surface area contributed by atoms with Gasteiger partial charge >= 0.3 is 0 Å². The fourth-order valence-electron chi connectivity index (χ4n) is 7.76. The molecule has 5 nitrogen and oxygen atoms in total. The van der Waals surface area contributed by atoms with Gasteiger partial charge in [0.1, 0.15) is 5.75 Å². The first kappa shape index (κ1) is 19.8. The van der Waals surface area contributed by atoms with Crippen LogP contribution in [0.4, 0.5) is 0 Å². The number of phenols is 1. The highest BCUT2D eigenvalue weighted by molar-refractivity contribution is 5.43. The summed E-state index contributed by atoms with van der Waals surface area (Å²) in [5.74, 6) is 1.14. The molecule has 29 heavy (non-hydrogen) atoms. The summed E-state index contributed by atoms with van der Waals surface area (Å²) < 4.78 is 12.8. The number of aryl methyl sites for hydroxylation is 1. The van der Waals surface area contributed by atoms with Gasteiger partial charge in [-0.05, 0) is 80.2 Å². The van der Waals surface area contributed by atoms with Crippen LogP contribution in [-0.4, -0.2) is 36.2 Å². The molecule has 3 fully saturated rings. The lowest BCUT2D eigenvalue weighted by atomic mass is 9.49. The molecule has 1 aliphatic heterocycles. The largest absolute Gasteiger partial charge is 0.508 e. The van der Waals surface area contributed by atoms with E-state index in [1.54, 1.807) is 0 Å². The third kappa shape index (κ3) is 2.74. The normalized spacial score (nSPS) is 39.9. The molecule has 5 rings (SSSR count). The SMILES string of the molecule is CC12CCC3c4ccc(O)cc4CCC3(N)C1C(CCCCN)CC21OCCO1. The number of aromatic hydroxyl groups is 1. The molecule has 0 aromatic heterocycles. The monoisotopic (exact) mass is 400 g/mol. The average Bonchev–Trinajstić information content (AvgIpc) is 3.26. The minimum absolute atomic E-state index is 0.0451. The number of hydrogen-bond acceptors (Lipinski definition) is 5. The summed E-state index contributed by atoms with van der Waals surface area (Å²) in [6, 6.07) is 5.90. The average molecular weight is 401 g/mol. The highest BCUT2D eigenvalue weighted by Gasteiger charge is 2.71. The maximum atomic E-state index is 9.97. The van der Waals surface area contributed by atoms with Crippen molar-refractivity contribution < 1.29 is 14.6 Å². The van der Waals surface area contributed by atoms with E-state index in [-0.39, 0.29) is 11.0 Å². The summed E-state index contributed by atoms with van der Waals surface area (Å²) in [4.78, 5) is 0. The predicted molar refractivity (Wildman–Crippen MR) is 113 cm³/mol. The van der Waals surface area contributed by atoms with Crippen LogP contribution < -0.4 is 11.5 Å². The quantitative estimate of drug-likeness (QED) is 0.674. The molecule has 5 heteroatoms. The summed E-state index contributed by atoms with van der Waals surface area (Å²) in [6.45, 7) is 4.53. The van der Waals surface area contributed by atoms with E-state index < -0.39 is 5.79 Å². The molecule has 1 saturated heterocycles. The maximum absolute atomic E-state index is 9.97. The van der Waals surface area contributed by atoms with E-state index in [9.17, 15) is 5.11 Å². The van der Waals surface area contributed by atoms with E-state index in [2.05, 4.69) is 13.0 Å². The number of rotatable bonds is 4. The van der Waals surface area contributed by atoms with Gasteiger partial charge in [0, 0.05) is 23.3 Å². The van der Waals surface area contributed by atoms with Crippen molar-refractivity contribution in [1.29, 1.82) is 0 Å². The van der Waals surface area contributed by atoms with E-state index in [1.165, 1.54) is 11.1 Å². The van der Waals surface area contributed by atoms with Crippen LogP contribution in [0.2, 0.25) is 0 Å². The molecule has 5 N–H and O–H groups in total. The molecular formula is C24H36N2O3. The van der Waals surface area contributed by atoms with Crippen LogP contribution in [0, 0.1) is 17.3 Å². The standard InChI is InChI=1S/C24H36N2O3/c1-22-9-8-20-19-6-5-18(27)14-16(19)7-10-23(20,26)21(22)17(4-2-3-11-25)15-24(22)28-12-13-29-24/h5-6,14,17,20-21,27H,2-4,7-13,15,25-26H2,1H3. The molecule has 160 valence electrons. The van der Waals surface area contributed by atoms with Gasteiger partial charge in [0.05, 0.1) is 13.2 Å².